The minimum absolute atomic E-state index is 0.0558. The summed E-state index contributed by atoms with van der Waals surface area (Å²) in [5.41, 5.74) is 4.50. The third-order valence-corrected chi connectivity index (χ3v) is 5.94. The van der Waals surface area contributed by atoms with Crippen molar-refractivity contribution in [1.29, 1.82) is 0 Å². The lowest BCUT2D eigenvalue weighted by Gasteiger charge is -2.34. The zero-order chi connectivity index (χ0) is 22.7. The van der Waals surface area contributed by atoms with Gasteiger partial charge in [0.25, 0.3) is 0 Å². The normalized spacial score (nSPS) is 18.1. The van der Waals surface area contributed by atoms with Gasteiger partial charge in [-0.25, -0.2) is 4.79 Å². The smallest absolute Gasteiger partial charge is 0.336 e. The monoisotopic (exact) mass is 433 g/mol. The van der Waals surface area contributed by atoms with Crippen LogP contribution < -0.4 is 14.8 Å². The summed E-state index contributed by atoms with van der Waals surface area (Å²) in [5.74, 6) is 0.229. The van der Waals surface area contributed by atoms with Gasteiger partial charge in [-0.3, -0.25) is 4.79 Å². The molecular weight excluding hydrogens is 406 g/mol. The fourth-order valence-corrected chi connectivity index (χ4v) is 4.42. The Morgan fingerprint density at radius 3 is 2.56 bits per heavy atom. The summed E-state index contributed by atoms with van der Waals surface area (Å²) in [6.07, 6.45) is 2.04. The molecule has 0 unspecified atom stereocenters. The zero-order valence-electron chi connectivity index (χ0n) is 18.6. The number of dihydropyridines is 1. The first-order valence-corrected chi connectivity index (χ1v) is 10.7. The highest BCUT2D eigenvalue weighted by atomic mass is 16.5. The fourth-order valence-electron chi connectivity index (χ4n) is 4.42. The van der Waals surface area contributed by atoms with Gasteiger partial charge in [0.2, 0.25) is 0 Å². The van der Waals surface area contributed by atoms with Crippen LogP contribution in [0.2, 0.25) is 0 Å². The zero-order valence-corrected chi connectivity index (χ0v) is 18.6. The SMILES string of the molecule is COC(=O)C1=C(C)NC2=C(C(=O)CCC2)[C@H]1c1ccc(OC)c(OCc2ccccc2)c1. The quantitative estimate of drug-likeness (QED) is 0.680. The molecule has 32 heavy (non-hydrogen) atoms. The molecule has 0 radical (unpaired) electrons. The first-order chi connectivity index (χ1) is 15.5. The number of ketones is 1. The van der Waals surface area contributed by atoms with E-state index in [4.69, 9.17) is 14.2 Å². The average Bonchev–Trinajstić information content (AvgIpc) is 2.82. The number of carbonyl (C=O) groups excluding carboxylic acids is 2. The van der Waals surface area contributed by atoms with E-state index >= 15 is 0 Å². The van der Waals surface area contributed by atoms with Gasteiger partial charge in [-0.1, -0.05) is 36.4 Å². The predicted octanol–water partition coefficient (Wildman–Crippen LogP) is 4.42. The maximum atomic E-state index is 13.0. The molecule has 0 saturated heterocycles. The van der Waals surface area contributed by atoms with Crippen LogP contribution in [0.5, 0.6) is 11.5 Å². The van der Waals surface area contributed by atoms with Crippen molar-refractivity contribution in [3.8, 4) is 11.5 Å². The minimum atomic E-state index is -0.517. The number of methoxy groups -OCH3 is 2. The Morgan fingerprint density at radius 1 is 1.06 bits per heavy atom. The van der Waals surface area contributed by atoms with Gasteiger partial charge in [-0.05, 0) is 43.0 Å². The van der Waals surface area contributed by atoms with E-state index in [1.165, 1.54) is 7.11 Å². The van der Waals surface area contributed by atoms with E-state index in [1.807, 2.05) is 55.5 Å². The summed E-state index contributed by atoms with van der Waals surface area (Å²) in [6.45, 7) is 2.22. The lowest BCUT2D eigenvalue weighted by Crippen LogP contribution is -2.34. The molecular formula is C26H27NO5. The Bertz CT molecular complexity index is 1100. The van der Waals surface area contributed by atoms with Crippen LogP contribution in [0, 0.1) is 0 Å². The summed E-state index contributed by atoms with van der Waals surface area (Å²) in [4.78, 5) is 25.7. The maximum Gasteiger partial charge on any atom is 0.336 e. The van der Waals surface area contributed by atoms with Crippen LogP contribution in [0.25, 0.3) is 0 Å². The molecule has 0 saturated carbocycles. The molecule has 0 bridgehead atoms. The molecule has 166 valence electrons. The van der Waals surface area contributed by atoms with Gasteiger partial charge >= 0.3 is 5.97 Å². The second-order valence-electron chi connectivity index (χ2n) is 7.94. The lowest BCUT2D eigenvalue weighted by atomic mass is 9.75. The molecule has 1 aliphatic heterocycles. The number of hydrogen-bond acceptors (Lipinski definition) is 6. The summed E-state index contributed by atoms with van der Waals surface area (Å²) < 4.78 is 16.7. The second kappa shape index (κ2) is 9.30. The van der Waals surface area contributed by atoms with Crippen molar-refractivity contribution in [3.05, 3.63) is 82.2 Å². The lowest BCUT2D eigenvalue weighted by molar-refractivity contribution is -0.136. The van der Waals surface area contributed by atoms with E-state index in [0.29, 0.717) is 41.4 Å². The highest BCUT2D eigenvalue weighted by molar-refractivity contribution is 6.03. The number of nitrogens with one attached hydrogen (secondary N) is 1. The van der Waals surface area contributed by atoms with Crippen LogP contribution in [-0.2, 0) is 20.9 Å². The molecule has 2 aromatic carbocycles. The molecule has 2 aliphatic rings. The number of allylic oxidation sites excluding steroid dienone is 3. The summed E-state index contributed by atoms with van der Waals surface area (Å²) in [7, 11) is 2.94. The van der Waals surface area contributed by atoms with Crippen molar-refractivity contribution >= 4 is 11.8 Å². The van der Waals surface area contributed by atoms with E-state index in [9.17, 15) is 9.59 Å². The first-order valence-electron chi connectivity index (χ1n) is 10.7. The summed E-state index contributed by atoms with van der Waals surface area (Å²) in [5, 5.41) is 3.28. The number of esters is 1. The Balaban J connectivity index is 1.77. The van der Waals surface area contributed by atoms with Crippen molar-refractivity contribution in [1.82, 2.24) is 5.32 Å². The first kappa shape index (κ1) is 21.7. The van der Waals surface area contributed by atoms with Gasteiger partial charge in [-0.2, -0.15) is 0 Å². The van der Waals surface area contributed by atoms with Crippen LogP contribution in [0.4, 0.5) is 0 Å². The van der Waals surface area contributed by atoms with E-state index < -0.39 is 11.9 Å². The summed E-state index contributed by atoms with van der Waals surface area (Å²) in [6, 6.07) is 15.4. The highest BCUT2D eigenvalue weighted by Gasteiger charge is 2.39. The Morgan fingerprint density at radius 2 is 1.84 bits per heavy atom. The number of rotatable bonds is 6. The van der Waals surface area contributed by atoms with Crippen LogP contribution in [0.15, 0.2) is 71.1 Å². The largest absolute Gasteiger partial charge is 0.493 e. The number of hydrogen-bond donors (Lipinski definition) is 1. The molecule has 0 fully saturated rings. The topological polar surface area (TPSA) is 73.9 Å². The van der Waals surface area contributed by atoms with Gasteiger partial charge in [0.1, 0.15) is 6.61 Å². The number of carbonyl (C=O) groups is 2. The van der Waals surface area contributed by atoms with E-state index in [1.54, 1.807) is 7.11 Å². The van der Waals surface area contributed by atoms with Crippen molar-refractivity contribution in [2.24, 2.45) is 0 Å². The minimum Gasteiger partial charge on any atom is -0.493 e. The van der Waals surface area contributed by atoms with Crippen LogP contribution in [0.3, 0.4) is 0 Å². The molecule has 1 atom stereocenters. The fraction of sp³-hybridized carbons (Fsp3) is 0.308. The molecule has 1 aliphatic carbocycles. The van der Waals surface area contributed by atoms with E-state index in [-0.39, 0.29) is 5.78 Å². The molecule has 0 aromatic heterocycles. The van der Waals surface area contributed by atoms with Gasteiger partial charge in [0.05, 0.1) is 19.8 Å². The maximum absolute atomic E-state index is 13.0. The van der Waals surface area contributed by atoms with Crippen molar-refractivity contribution < 1.29 is 23.8 Å². The number of Topliss-reactive ketones (excluding diaryl/α,β-unsaturated/α-hetero) is 1. The number of benzene rings is 2. The second-order valence-corrected chi connectivity index (χ2v) is 7.94. The van der Waals surface area contributed by atoms with Crippen LogP contribution in [-0.4, -0.2) is 26.0 Å². The third-order valence-electron chi connectivity index (χ3n) is 5.94. The van der Waals surface area contributed by atoms with E-state index in [2.05, 4.69) is 5.32 Å². The Labute approximate surface area is 187 Å². The highest BCUT2D eigenvalue weighted by Crippen LogP contribution is 2.44. The van der Waals surface area contributed by atoms with Gasteiger partial charge < -0.3 is 19.5 Å². The van der Waals surface area contributed by atoms with Crippen molar-refractivity contribution in [2.75, 3.05) is 14.2 Å². The summed E-state index contributed by atoms with van der Waals surface area (Å²) >= 11 is 0. The van der Waals surface area contributed by atoms with Crippen LogP contribution in [0.1, 0.15) is 43.2 Å². The number of ether oxygens (including phenoxy) is 3. The molecule has 0 amide bonds. The molecule has 1 N–H and O–H groups in total. The van der Waals surface area contributed by atoms with Gasteiger partial charge in [0, 0.05) is 29.3 Å². The molecule has 4 rings (SSSR count). The Kier molecular flexibility index (Phi) is 6.30. The predicted molar refractivity (Wildman–Crippen MR) is 120 cm³/mol. The third kappa shape index (κ3) is 4.13. The molecule has 6 heteroatoms. The van der Waals surface area contributed by atoms with Crippen molar-refractivity contribution in [3.63, 3.8) is 0 Å². The van der Waals surface area contributed by atoms with Crippen molar-refractivity contribution in [2.45, 2.75) is 38.7 Å². The molecule has 1 heterocycles. The Hall–Kier alpha value is -3.54. The molecule has 0 spiro atoms. The van der Waals surface area contributed by atoms with Gasteiger partial charge in [0.15, 0.2) is 17.3 Å². The standard InChI is InChI=1S/C26H27NO5/c1-16-23(26(29)31-3)24(25-19(27-16)10-7-11-20(25)28)18-12-13-21(30-2)22(14-18)32-15-17-8-5-4-6-9-17/h4-6,8-9,12-14,24,27H,7,10-11,15H2,1-3H3/t24-/m0/s1. The van der Waals surface area contributed by atoms with E-state index in [0.717, 1.165) is 29.7 Å². The van der Waals surface area contributed by atoms with Crippen LogP contribution >= 0.6 is 0 Å². The average molecular weight is 434 g/mol. The molecule has 2 aromatic rings. The van der Waals surface area contributed by atoms with Gasteiger partial charge in [-0.15, -0.1) is 0 Å². The molecule has 6 nitrogen and oxygen atoms in total.